The normalized spacial score (nSPS) is 10.3. The average molecular weight is 164 g/mol. The predicted molar refractivity (Wildman–Crippen MR) is 43.7 cm³/mol. The zero-order chi connectivity index (χ0) is 7.68. The van der Waals surface area contributed by atoms with Crippen LogP contribution in [0.5, 0.6) is 0 Å². The summed E-state index contributed by atoms with van der Waals surface area (Å²) in [6.07, 6.45) is 3.46. The molecule has 2 aromatic heterocycles. The van der Waals surface area contributed by atoms with Crippen molar-refractivity contribution in [1.29, 1.82) is 0 Å². The molecule has 0 aliphatic heterocycles. The molecule has 0 aliphatic rings. The Bertz CT molecular complexity index is 336. The highest BCUT2D eigenvalue weighted by Gasteiger charge is 2.00. The van der Waals surface area contributed by atoms with Crippen molar-refractivity contribution in [2.24, 2.45) is 0 Å². The molecule has 0 spiro atoms. The number of nitrogens with zero attached hydrogens (tertiary/aromatic N) is 3. The summed E-state index contributed by atoms with van der Waals surface area (Å²) in [6.45, 7) is 3.80. The summed E-state index contributed by atoms with van der Waals surface area (Å²) >= 11 is 1.54. The molecule has 55 valence electrons. The largest absolute Gasteiger partial charge is 0.227 e. The van der Waals surface area contributed by atoms with Crippen LogP contribution in [0.4, 0.5) is 0 Å². The van der Waals surface area contributed by atoms with E-state index in [9.17, 15) is 0 Å². The molecule has 0 N–H and O–H groups in total. The first-order valence-electron chi connectivity index (χ1n) is 3.14. The zero-order valence-corrected chi connectivity index (χ0v) is 6.58. The minimum atomic E-state index is 0.861. The van der Waals surface area contributed by atoms with Gasteiger partial charge in [-0.15, -0.1) is 11.3 Å². The van der Waals surface area contributed by atoms with E-state index in [0.717, 1.165) is 10.8 Å². The van der Waals surface area contributed by atoms with E-state index in [2.05, 4.69) is 17.0 Å². The average Bonchev–Trinajstić information content (AvgIpc) is 2.55. The van der Waals surface area contributed by atoms with Gasteiger partial charge in [-0.1, -0.05) is 0 Å². The number of hydrogen-bond acceptors (Lipinski definition) is 3. The smallest absolute Gasteiger partial charge is 0.210 e. The van der Waals surface area contributed by atoms with Gasteiger partial charge in [0.2, 0.25) is 5.13 Å². The van der Waals surface area contributed by atoms with Gasteiger partial charge in [0.05, 0.1) is 0 Å². The van der Waals surface area contributed by atoms with Gasteiger partial charge in [-0.25, -0.2) is 9.67 Å². The van der Waals surface area contributed by atoms with Gasteiger partial charge in [0, 0.05) is 23.5 Å². The molecular weight excluding hydrogens is 158 g/mol. The van der Waals surface area contributed by atoms with E-state index in [1.807, 2.05) is 11.4 Å². The summed E-state index contributed by atoms with van der Waals surface area (Å²) in [5.41, 5.74) is 0.861. The molecule has 0 bridgehead atoms. The molecule has 0 saturated carbocycles. The monoisotopic (exact) mass is 164 g/mol. The van der Waals surface area contributed by atoms with Crippen molar-refractivity contribution >= 4 is 11.3 Å². The molecule has 0 amide bonds. The highest BCUT2D eigenvalue weighted by atomic mass is 32.1. The van der Waals surface area contributed by atoms with Crippen molar-refractivity contribution < 1.29 is 0 Å². The third-order valence-electron chi connectivity index (χ3n) is 1.32. The van der Waals surface area contributed by atoms with E-state index in [-0.39, 0.29) is 0 Å². The van der Waals surface area contributed by atoms with Crippen molar-refractivity contribution in [1.82, 2.24) is 14.8 Å². The Kier molecular flexibility index (Phi) is 1.47. The minimum Gasteiger partial charge on any atom is -0.227 e. The second kappa shape index (κ2) is 2.47. The number of aromatic nitrogens is 3. The highest BCUT2D eigenvalue weighted by Crippen LogP contribution is 2.11. The molecule has 2 heterocycles. The van der Waals surface area contributed by atoms with Crippen molar-refractivity contribution in [3.8, 4) is 5.13 Å². The van der Waals surface area contributed by atoms with Crippen LogP contribution in [0.25, 0.3) is 5.13 Å². The maximum absolute atomic E-state index is 4.10. The van der Waals surface area contributed by atoms with Crippen LogP contribution in [0.3, 0.4) is 0 Å². The molecule has 2 aromatic rings. The Morgan fingerprint density at radius 3 is 2.91 bits per heavy atom. The zero-order valence-electron chi connectivity index (χ0n) is 5.77. The number of rotatable bonds is 1. The molecule has 11 heavy (non-hydrogen) atoms. The lowest BCUT2D eigenvalue weighted by atomic mass is 10.5. The van der Waals surface area contributed by atoms with Crippen LogP contribution in [-0.2, 0) is 0 Å². The van der Waals surface area contributed by atoms with Crippen molar-refractivity contribution in [2.45, 2.75) is 0 Å². The minimum absolute atomic E-state index is 0.861. The molecule has 0 unspecified atom stereocenters. The Labute approximate surface area is 68.3 Å². The molecule has 0 aromatic carbocycles. The maximum atomic E-state index is 4.10. The van der Waals surface area contributed by atoms with Gasteiger partial charge in [0.15, 0.2) is 0 Å². The summed E-state index contributed by atoms with van der Waals surface area (Å²) in [4.78, 5) is 4.10. The van der Waals surface area contributed by atoms with Gasteiger partial charge < -0.3 is 0 Å². The van der Waals surface area contributed by atoms with Crippen LogP contribution in [0, 0.1) is 6.92 Å². The topological polar surface area (TPSA) is 30.7 Å². The van der Waals surface area contributed by atoms with Crippen molar-refractivity contribution in [2.75, 3.05) is 0 Å². The third-order valence-corrected chi connectivity index (χ3v) is 2.07. The van der Waals surface area contributed by atoms with Gasteiger partial charge in [-0.05, 0) is 13.0 Å². The Balaban J connectivity index is 2.53. The first kappa shape index (κ1) is 6.54. The Morgan fingerprint density at radius 2 is 2.36 bits per heavy atom. The molecule has 1 radical (unpaired) electrons. The summed E-state index contributed by atoms with van der Waals surface area (Å²) in [5.74, 6) is 0. The van der Waals surface area contributed by atoms with E-state index in [1.165, 1.54) is 0 Å². The molecular formula is C7H6N3S. The second-order valence-corrected chi connectivity index (χ2v) is 2.92. The van der Waals surface area contributed by atoms with Gasteiger partial charge in [0.1, 0.15) is 0 Å². The van der Waals surface area contributed by atoms with Gasteiger partial charge in [-0.2, -0.15) is 5.10 Å². The highest BCUT2D eigenvalue weighted by molar-refractivity contribution is 7.12. The molecule has 0 fully saturated rings. The molecule has 2 rings (SSSR count). The lowest BCUT2D eigenvalue weighted by Gasteiger charge is -1.95. The van der Waals surface area contributed by atoms with Crippen molar-refractivity contribution in [3.05, 3.63) is 36.5 Å². The maximum Gasteiger partial charge on any atom is 0.210 e. The molecule has 3 nitrogen and oxygen atoms in total. The van der Waals surface area contributed by atoms with E-state index in [1.54, 1.807) is 28.4 Å². The van der Waals surface area contributed by atoms with E-state index >= 15 is 0 Å². The van der Waals surface area contributed by atoms with E-state index < -0.39 is 0 Å². The lowest BCUT2D eigenvalue weighted by molar-refractivity contribution is 0.853. The summed E-state index contributed by atoms with van der Waals surface area (Å²) in [7, 11) is 0. The van der Waals surface area contributed by atoms with Crippen LogP contribution < -0.4 is 0 Å². The fourth-order valence-electron chi connectivity index (χ4n) is 0.824. The quantitative estimate of drug-likeness (QED) is 0.639. The van der Waals surface area contributed by atoms with E-state index in [0.29, 0.717) is 0 Å². The van der Waals surface area contributed by atoms with Crippen LogP contribution in [-0.4, -0.2) is 14.8 Å². The predicted octanol–water partition coefficient (Wildman–Crippen LogP) is 1.51. The number of thiazole rings is 1. The Hall–Kier alpha value is -1.16. The van der Waals surface area contributed by atoms with Crippen LogP contribution >= 0.6 is 11.3 Å². The first-order chi connectivity index (χ1) is 5.38. The lowest BCUT2D eigenvalue weighted by Crippen LogP contribution is -1.96. The van der Waals surface area contributed by atoms with Crippen LogP contribution in [0.2, 0.25) is 0 Å². The summed E-state index contributed by atoms with van der Waals surface area (Å²) < 4.78 is 1.71. The first-order valence-corrected chi connectivity index (χ1v) is 4.02. The van der Waals surface area contributed by atoms with Crippen molar-refractivity contribution in [3.63, 3.8) is 0 Å². The Morgan fingerprint density at radius 1 is 1.45 bits per heavy atom. The van der Waals surface area contributed by atoms with Gasteiger partial charge in [0.25, 0.3) is 0 Å². The van der Waals surface area contributed by atoms with E-state index in [4.69, 9.17) is 0 Å². The SMILES string of the molecule is [CH2]c1ccnn1-c1nccs1. The number of hydrogen-bond donors (Lipinski definition) is 0. The van der Waals surface area contributed by atoms with Crippen LogP contribution in [0.15, 0.2) is 23.8 Å². The molecule has 0 atom stereocenters. The van der Waals surface area contributed by atoms with Gasteiger partial charge >= 0.3 is 0 Å². The fourth-order valence-corrected chi connectivity index (χ4v) is 1.45. The van der Waals surface area contributed by atoms with Crippen LogP contribution in [0.1, 0.15) is 5.69 Å². The fraction of sp³-hybridized carbons (Fsp3) is 0. The standard InChI is InChI=1S/C7H6N3S/c1-6-2-3-9-10(6)7-8-4-5-11-7/h2-5H,1H2. The summed E-state index contributed by atoms with van der Waals surface area (Å²) in [6, 6.07) is 1.85. The van der Waals surface area contributed by atoms with Gasteiger partial charge in [-0.3, -0.25) is 0 Å². The molecule has 4 heteroatoms. The summed E-state index contributed by atoms with van der Waals surface area (Å²) in [5, 5.41) is 6.83. The third kappa shape index (κ3) is 1.05. The second-order valence-electron chi connectivity index (χ2n) is 2.05. The molecule has 0 saturated heterocycles. The molecule has 0 aliphatic carbocycles.